The van der Waals surface area contributed by atoms with Gasteiger partial charge in [-0.15, -0.1) is 0 Å². The van der Waals surface area contributed by atoms with E-state index in [9.17, 15) is 8.42 Å². The largest absolute Gasteiger partial charge is 0.313 e. The van der Waals surface area contributed by atoms with Crippen LogP contribution in [0.4, 0.5) is 0 Å². The van der Waals surface area contributed by atoms with Gasteiger partial charge < -0.3 is 5.32 Å². The Balaban J connectivity index is 2.52. The van der Waals surface area contributed by atoms with Gasteiger partial charge in [0.15, 0.2) is 0 Å². The molecule has 0 spiro atoms. The summed E-state index contributed by atoms with van der Waals surface area (Å²) in [6.45, 7) is 6.59. The van der Waals surface area contributed by atoms with Crippen LogP contribution in [0.5, 0.6) is 0 Å². The molecule has 1 saturated heterocycles. The van der Waals surface area contributed by atoms with Gasteiger partial charge in [0.2, 0.25) is 0 Å². The van der Waals surface area contributed by atoms with Gasteiger partial charge in [-0.3, -0.25) is 0 Å². The number of piperidine rings is 1. The molecule has 3 N–H and O–H groups in total. The van der Waals surface area contributed by atoms with Crippen molar-refractivity contribution in [3.8, 4) is 0 Å². The fourth-order valence-electron chi connectivity index (χ4n) is 1.75. The molecular weight excluding hydrogens is 214 g/mol. The summed E-state index contributed by atoms with van der Waals surface area (Å²) in [6.07, 6.45) is 1.91. The summed E-state index contributed by atoms with van der Waals surface area (Å²) in [5.41, 5.74) is 0. The first-order valence-corrected chi connectivity index (χ1v) is 6.92. The highest BCUT2D eigenvalue weighted by molar-refractivity contribution is 7.87. The van der Waals surface area contributed by atoms with Gasteiger partial charge in [-0.05, 0) is 40.2 Å². The Kier molecular flexibility index (Phi) is 4.51. The molecule has 1 rings (SSSR count). The van der Waals surface area contributed by atoms with Gasteiger partial charge in [0.25, 0.3) is 10.2 Å². The van der Waals surface area contributed by atoms with Crippen molar-refractivity contribution in [2.45, 2.75) is 51.7 Å². The number of hydrogen-bond acceptors (Lipinski definition) is 3. The first kappa shape index (κ1) is 12.9. The van der Waals surface area contributed by atoms with Crippen LogP contribution in [0, 0.1) is 0 Å². The molecule has 0 bridgehead atoms. The topological polar surface area (TPSA) is 70.2 Å². The highest BCUT2D eigenvalue weighted by atomic mass is 32.2. The quantitative estimate of drug-likeness (QED) is 0.640. The second-order valence-electron chi connectivity index (χ2n) is 4.39. The zero-order chi connectivity index (χ0) is 11.5. The van der Waals surface area contributed by atoms with Gasteiger partial charge in [0.1, 0.15) is 0 Å². The molecule has 1 aliphatic heterocycles. The maximum Gasteiger partial charge on any atom is 0.277 e. The van der Waals surface area contributed by atoms with E-state index in [2.05, 4.69) is 14.8 Å². The van der Waals surface area contributed by atoms with Crippen molar-refractivity contribution >= 4 is 10.2 Å². The van der Waals surface area contributed by atoms with E-state index >= 15 is 0 Å². The van der Waals surface area contributed by atoms with Crippen molar-refractivity contribution in [2.75, 3.05) is 6.54 Å². The van der Waals surface area contributed by atoms with Crippen molar-refractivity contribution in [3.05, 3.63) is 0 Å². The molecule has 0 aromatic heterocycles. The van der Waals surface area contributed by atoms with Gasteiger partial charge in [0.05, 0.1) is 0 Å². The highest BCUT2D eigenvalue weighted by Crippen LogP contribution is 2.08. The first-order chi connectivity index (χ1) is 6.91. The van der Waals surface area contributed by atoms with E-state index in [1.165, 1.54) is 0 Å². The van der Waals surface area contributed by atoms with Crippen LogP contribution in [0.2, 0.25) is 0 Å². The molecule has 6 heteroatoms. The summed E-state index contributed by atoms with van der Waals surface area (Å²) in [5.74, 6) is 0. The minimum Gasteiger partial charge on any atom is -0.313 e. The van der Waals surface area contributed by atoms with E-state index in [4.69, 9.17) is 0 Å². The van der Waals surface area contributed by atoms with Crippen LogP contribution < -0.4 is 14.8 Å². The maximum absolute atomic E-state index is 11.6. The lowest BCUT2D eigenvalue weighted by atomic mass is 10.0. The second kappa shape index (κ2) is 5.25. The number of hydrogen-bond donors (Lipinski definition) is 3. The Hall–Kier alpha value is -0.170. The average molecular weight is 235 g/mol. The van der Waals surface area contributed by atoms with Crippen LogP contribution in [-0.4, -0.2) is 33.1 Å². The molecule has 0 saturated carbocycles. The third kappa shape index (κ3) is 4.46. The molecule has 2 atom stereocenters. The van der Waals surface area contributed by atoms with Crippen LogP contribution in [0.1, 0.15) is 33.6 Å². The Morgan fingerprint density at radius 1 is 1.40 bits per heavy atom. The molecule has 0 amide bonds. The van der Waals surface area contributed by atoms with Gasteiger partial charge in [-0.2, -0.15) is 17.9 Å². The van der Waals surface area contributed by atoms with Crippen LogP contribution in [0.15, 0.2) is 0 Å². The lowest BCUT2D eigenvalue weighted by Crippen LogP contribution is -2.55. The van der Waals surface area contributed by atoms with Crippen LogP contribution in [0.25, 0.3) is 0 Å². The monoisotopic (exact) mass is 235 g/mol. The molecule has 0 aromatic rings. The summed E-state index contributed by atoms with van der Waals surface area (Å²) in [5, 5.41) is 3.25. The summed E-state index contributed by atoms with van der Waals surface area (Å²) >= 11 is 0. The SMILES string of the molecule is CC(C)NS(=O)(=O)NC1CCCNC1C. The molecule has 1 fully saturated rings. The molecule has 0 aromatic carbocycles. The predicted octanol–water partition coefficient (Wildman–Crippen LogP) is -0.0407. The highest BCUT2D eigenvalue weighted by Gasteiger charge is 2.25. The van der Waals surface area contributed by atoms with Crippen molar-refractivity contribution in [2.24, 2.45) is 0 Å². The van der Waals surface area contributed by atoms with Crippen molar-refractivity contribution in [1.29, 1.82) is 0 Å². The van der Waals surface area contributed by atoms with Gasteiger partial charge in [-0.1, -0.05) is 0 Å². The molecule has 1 aliphatic rings. The standard InChI is InChI=1S/C9H21N3O2S/c1-7(2)11-15(13,14)12-9-5-4-6-10-8(9)3/h7-12H,4-6H2,1-3H3. The molecule has 2 unspecified atom stereocenters. The van der Waals surface area contributed by atoms with Crippen molar-refractivity contribution in [1.82, 2.24) is 14.8 Å². The van der Waals surface area contributed by atoms with Gasteiger partial charge in [0, 0.05) is 18.1 Å². The van der Waals surface area contributed by atoms with E-state index in [0.717, 1.165) is 19.4 Å². The van der Waals surface area contributed by atoms with E-state index in [0.29, 0.717) is 0 Å². The second-order valence-corrected chi connectivity index (χ2v) is 5.86. The third-order valence-corrected chi connectivity index (χ3v) is 3.85. The van der Waals surface area contributed by atoms with Crippen molar-refractivity contribution < 1.29 is 8.42 Å². The normalized spacial score (nSPS) is 28.3. The fraction of sp³-hybridized carbons (Fsp3) is 1.00. The number of rotatable bonds is 4. The van der Waals surface area contributed by atoms with E-state index in [1.807, 2.05) is 20.8 Å². The van der Waals surface area contributed by atoms with E-state index < -0.39 is 10.2 Å². The summed E-state index contributed by atoms with van der Waals surface area (Å²) in [4.78, 5) is 0. The van der Waals surface area contributed by atoms with Crippen molar-refractivity contribution in [3.63, 3.8) is 0 Å². The Morgan fingerprint density at radius 3 is 2.60 bits per heavy atom. The Labute approximate surface area is 92.2 Å². The molecule has 0 radical (unpaired) electrons. The van der Waals surface area contributed by atoms with Crippen LogP contribution in [0.3, 0.4) is 0 Å². The fourth-order valence-corrected chi connectivity index (χ4v) is 3.16. The Morgan fingerprint density at radius 2 is 2.07 bits per heavy atom. The van der Waals surface area contributed by atoms with Crippen LogP contribution in [-0.2, 0) is 10.2 Å². The number of nitrogens with one attached hydrogen (secondary N) is 3. The van der Waals surface area contributed by atoms with Crippen LogP contribution >= 0.6 is 0 Å². The zero-order valence-corrected chi connectivity index (χ0v) is 10.4. The summed E-state index contributed by atoms with van der Waals surface area (Å²) in [6, 6.07) is 0.117. The molecule has 15 heavy (non-hydrogen) atoms. The molecule has 1 heterocycles. The smallest absolute Gasteiger partial charge is 0.277 e. The lowest BCUT2D eigenvalue weighted by molar-refractivity contribution is 0.347. The maximum atomic E-state index is 11.6. The minimum absolute atomic E-state index is 0.00463. The van der Waals surface area contributed by atoms with E-state index in [1.54, 1.807) is 0 Å². The molecule has 90 valence electrons. The summed E-state index contributed by atoms with van der Waals surface area (Å²) < 4.78 is 28.4. The minimum atomic E-state index is -3.35. The molecular formula is C9H21N3O2S. The average Bonchev–Trinajstić information content (AvgIpc) is 2.06. The van der Waals surface area contributed by atoms with Gasteiger partial charge >= 0.3 is 0 Å². The third-order valence-electron chi connectivity index (χ3n) is 2.46. The van der Waals surface area contributed by atoms with E-state index in [-0.39, 0.29) is 18.1 Å². The zero-order valence-electron chi connectivity index (χ0n) is 9.58. The summed E-state index contributed by atoms with van der Waals surface area (Å²) in [7, 11) is -3.35. The first-order valence-electron chi connectivity index (χ1n) is 5.43. The van der Waals surface area contributed by atoms with Gasteiger partial charge in [-0.25, -0.2) is 0 Å². The lowest BCUT2D eigenvalue weighted by Gasteiger charge is -2.30. The molecule has 0 aliphatic carbocycles. The predicted molar refractivity (Wildman–Crippen MR) is 60.8 cm³/mol. The Bertz CT molecular complexity index is 290. The molecule has 5 nitrogen and oxygen atoms in total.